The Morgan fingerprint density at radius 2 is 2.25 bits per heavy atom. The highest BCUT2D eigenvalue weighted by Crippen LogP contribution is 2.28. The van der Waals surface area contributed by atoms with Gasteiger partial charge in [0.15, 0.2) is 0 Å². The molecule has 1 heterocycles. The zero-order valence-corrected chi connectivity index (χ0v) is 8.67. The minimum atomic E-state index is -0.301. The maximum atomic E-state index is 11.0. The van der Waals surface area contributed by atoms with E-state index < -0.39 is 0 Å². The van der Waals surface area contributed by atoms with Gasteiger partial charge in [0.25, 0.3) is 0 Å². The van der Waals surface area contributed by atoms with Gasteiger partial charge in [0.05, 0.1) is 6.61 Å². The molecule has 0 radical (unpaired) electrons. The van der Waals surface area contributed by atoms with Crippen LogP contribution >= 0.6 is 23.5 Å². The number of carbonyl (C=O) groups is 1. The van der Waals surface area contributed by atoms with Crippen LogP contribution in [-0.2, 0) is 4.74 Å². The maximum Gasteiger partial charge on any atom is 0.408 e. The molecule has 1 fully saturated rings. The predicted octanol–water partition coefficient (Wildman–Crippen LogP) is 1.89. The van der Waals surface area contributed by atoms with Gasteiger partial charge in [-0.1, -0.05) is 0 Å². The van der Waals surface area contributed by atoms with Crippen LogP contribution in [-0.4, -0.2) is 28.9 Å². The fourth-order valence-electron chi connectivity index (χ4n) is 0.840. The van der Waals surface area contributed by atoms with Gasteiger partial charge in [-0.3, -0.25) is 0 Å². The van der Waals surface area contributed by atoms with E-state index in [4.69, 9.17) is 4.74 Å². The molecule has 12 heavy (non-hydrogen) atoms. The molecular weight excluding hydrogens is 194 g/mol. The summed E-state index contributed by atoms with van der Waals surface area (Å²) < 4.78 is 4.96. The summed E-state index contributed by atoms with van der Waals surface area (Å²) in [6.45, 7) is 2.24. The third kappa shape index (κ3) is 3.58. The number of hydrogen-bond donors (Lipinski definition) is 1. The average molecular weight is 207 g/mol. The van der Waals surface area contributed by atoms with Crippen LogP contribution in [0.15, 0.2) is 0 Å². The fourth-order valence-corrected chi connectivity index (χ4v) is 3.39. The van der Waals surface area contributed by atoms with Crippen molar-refractivity contribution in [3.63, 3.8) is 0 Å². The lowest BCUT2D eigenvalue weighted by Gasteiger charge is -2.21. The van der Waals surface area contributed by atoms with Gasteiger partial charge < -0.3 is 10.1 Å². The molecule has 5 heteroatoms. The van der Waals surface area contributed by atoms with Gasteiger partial charge in [-0.15, -0.1) is 23.5 Å². The first kappa shape index (κ1) is 10.1. The molecule has 1 aliphatic rings. The molecule has 0 aliphatic carbocycles. The van der Waals surface area contributed by atoms with Crippen LogP contribution in [0.25, 0.3) is 0 Å². The van der Waals surface area contributed by atoms with Gasteiger partial charge >= 0.3 is 6.09 Å². The molecule has 1 rings (SSSR count). The summed E-state index contributed by atoms with van der Waals surface area (Å²) >= 11 is 3.54. The second-order valence-corrected chi connectivity index (χ2v) is 5.02. The molecule has 0 aromatic carbocycles. The Kier molecular flexibility index (Phi) is 4.68. The Morgan fingerprint density at radius 3 is 2.83 bits per heavy atom. The van der Waals surface area contributed by atoms with Crippen LogP contribution in [0.4, 0.5) is 4.79 Å². The number of thioether (sulfide) groups is 2. The molecule has 70 valence electrons. The molecule has 1 saturated heterocycles. The van der Waals surface area contributed by atoms with Crippen LogP contribution < -0.4 is 5.32 Å². The van der Waals surface area contributed by atoms with Crippen LogP contribution in [0, 0.1) is 0 Å². The van der Waals surface area contributed by atoms with Gasteiger partial charge in [-0.2, -0.15) is 0 Å². The second-order valence-electron chi connectivity index (χ2n) is 2.29. The SMILES string of the molecule is CCOC(=O)NC1SCCCS1. The number of rotatable bonds is 2. The zero-order valence-electron chi connectivity index (χ0n) is 7.04. The Morgan fingerprint density at radius 1 is 1.58 bits per heavy atom. The van der Waals surface area contributed by atoms with E-state index in [-0.39, 0.29) is 10.8 Å². The summed E-state index contributed by atoms with van der Waals surface area (Å²) in [4.78, 5) is 11.0. The molecule has 1 aliphatic heterocycles. The highest BCUT2D eigenvalue weighted by molar-refractivity contribution is 8.17. The number of ether oxygens (including phenoxy) is 1. The van der Waals surface area contributed by atoms with Gasteiger partial charge in [0.2, 0.25) is 0 Å². The zero-order chi connectivity index (χ0) is 8.81. The summed E-state index contributed by atoms with van der Waals surface area (Å²) in [6, 6.07) is 0. The van der Waals surface area contributed by atoms with Crippen molar-refractivity contribution in [2.75, 3.05) is 18.1 Å². The summed E-state index contributed by atoms with van der Waals surface area (Å²) in [5.41, 5.74) is 0. The number of amides is 1. The van der Waals surface area contributed by atoms with Crippen LogP contribution in [0.5, 0.6) is 0 Å². The van der Waals surface area contributed by atoms with Gasteiger partial charge in [-0.05, 0) is 24.9 Å². The van der Waals surface area contributed by atoms with Crippen molar-refractivity contribution in [3.05, 3.63) is 0 Å². The van der Waals surface area contributed by atoms with Crippen molar-refractivity contribution in [3.8, 4) is 0 Å². The van der Waals surface area contributed by atoms with E-state index in [1.807, 2.05) is 0 Å². The predicted molar refractivity (Wildman–Crippen MR) is 53.5 cm³/mol. The standard InChI is InChI=1S/C7H13NO2S2/c1-2-10-6(9)8-7-11-4-3-5-12-7/h7H,2-5H2,1H3,(H,8,9). The van der Waals surface area contributed by atoms with Gasteiger partial charge in [0, 0.05) is 0 Å². The molecule has 0 atom stereocenters. The largest absolute Gasteiger partial charge is 0.450 e. The van der Waals surface area contributed by atoms with Crippen molar-refractivity contribution < 1.29 is 9.53 Å². The minimum Gasteiger partial charge on any atom is -0.450 e. The quantitative estimate of drug-likeness (QED) is 0.750. The topological polar surface area (TPSA) is 38.3 Å². The average Bonchev–Trinajstić information content (AvgIpc) is 2.06. The third-order valence-electron chi connectivity index (χ3n) is 1.34. The molecule has 0 spiro atoms. The first-order valence-corrected chi connectivity index (χ1v) is 6.09. The fraction of sp³-hybridized carbons (Fsp3) is 0.857. The van der Waals surface area contributed by atoms with Crippen molar-refractivity contribution in [1.82, 2.24) is 5.32 Å². The molecule has 1 N–H and O–H groups in total. The lowest BCUT2D eigenvalue weighted by atomic mass is 10.6. The Balaban J connectivity index is 2.15. The maximum absolute atomic E-state index is 11.0. The molecule has 0 aromatic rings. The molecule has 0 saturated carbocycles. The Hall–Kier alpha value is -0.0300. The summed E-state index contributed by atoms with van der Waals surface area (Å²) in [6.07, 6.45) is 0.931. The molecule has 0 unspecified atom stereocenters. The molecule has 0 bridgehead atoms. The summed E-state index contributed by atoms with van der Waals surface area (Å²) in [7, 11) is 0. The summed E-state index contributed by atoms with van der Waals surface area (Å²) in [5.74, 6) is 2.26. The lowest BCUT2D eigenvalue weighted by Crippen LogP contribution is -2.32. The first-order valence-electron chi connectivity index (χ1n) is 3.99. The number of alkyl carbamates (subject to hydrolysis) is 1. The monoisotopic (exact) mass is 207 g/mol. The van der Waals surface area contributed by atoms with Crippen molar-refractivity contribution >= 4 is 29.6 Å². The second kappa shape index (κ2) is 5.59. The van der Waals surface area contributed by atoms with E-state index in [1.165, 1.54) is 6.42 Å². The lowest BCUT2D eigenvalue weighted by molar-refractivity contribution is 0.153. The minimum absolute atomic E-state index is 0.192. The first-order chi connectivity index (χ1) is 5.83. The van der Waals surface area contributed by atoms with Crippen molar-refractivity contribution in [2.24, 2.45) is 0 Å². The third-order valence-corrected chi connectivity index (χ3v) is 4.04. The summed E-state index contributed by atoms with van der Waals surface area (Å²) in [5, 5.41) is 2.78. The number of nitrogens with one attached hydrogen (secondary N) is 1. The Labute approximate surface area is 81.0 Å². The van der Waals surface area contributed by atoms with E-state index in [2.05, 4.69) is 5.32 Å². The van der Waals surface area contributed by atoms with Crippen LogP contribution in [0.3, 0.4) is 0 Å². The van der Waals surface area contributed by atoms with Gasteiger partial charge in [0.1, 0.15) is 4.71 Å². The normalized spacial score (nSPS) is 18.8. The Bertz CT molecular complexity index is 148. The van der Waals surface area contributed by atoms with E-state index in [0.717, 1.165) is 11.5 Å². The van der Waals surface area contributed by atoms with Crippen LogP contribution in [0.2, 0.25) is 0 Å². The number of hydrogen-bond acceptors (Lipinski definition) is 4. The molecule has 3 nitrogen and oxygen atoms in total. The van der Waals surface area contributed by atoms with E-state index in [0.29, 0.717) is 6.61 Å². The highest BCUT2D eigenvalue weighted by atomic mass is 32.2. The van der Waals surface area contributed by atoms with E-state index in [1.54, 1.807) is 30.4 Å². The van der Waals surface area contributed by atoms with Crippen LogP contribution in [0.1, 0.15) is 13.3 Å². The molecule has 0 aromatic heterocycles. The van der Waals surface area contributed by atoms with E-state index >= 15 is 0 Å². The van der Waals surface area contributed by atoms with Gasteiger partial charge in [-0.25, -0.2) is 4.79 Å². The van der Waals surface area contributed by atoms with Crippen molar-refractivity contribution in [2.45, 2.75) is 18.1 Å². The van der Waals surface area contributed by atoms with Crippen molar-refractivity contribution in [1.29, 1.82) is 0 Å². The number of carbonyl (C=O) groups excluding carboxylic acids is 1. The van der Waals surface area contributed by atoms with E-state index in [9.17, 15) is 4.79 Å². The molecule has 1 amide bonds. The highest BCUT2D eigenvalue weighted by Gasteiger charge is 2.16. The molecular formula is C7H13NO2S2. The smallest absolute Gasteiger partial charge is 0.408 e.